The lowest BCUT2D eigenvalue weighted by Crippen LogP contribution is -2.10. The fourth-order valence-corrected chi connectivity index (χ4v) is 5.21. The second-order valence-corrected chi connectivity index (χ2v) is 12.5. The Balaban J connectivity index is 1.87. The van der Waals surface area contributed by atoms with Gasteiger partial charge in [0.25, 0.3) is 0 Å². The van der Waals surface area contributed by atoms with Gasteiger partial charge >= 0.3 is 20.2 Å². The Morgan fingerprint density at radius 1 is 0.651 bits per heavy atom. The maximum Gasteiger partial charge on any atom is 0.306 e. The van der Waals surface area contributed by atoms with E-state index in [4.69, 9.17) is 22.6 Å². The molecular formula is C31H32O10S2. The van der Waals surface area contributed by atoms with Crippen LogP contribution in [0.15, 0.2) is 78.9 Å². The monoisotopic (exact) mass is 628 g/mol. The Labute approximate surface area is 251 Å². The molecule has 0 heterocycles. The first-order valence-corrected chi connectivity index (χ1v) is 16.9. The molecule has 4 aromatic carbocycles. The fourth-order valence-electron chi connectivity index (χ4n) is 4.29. The Hall–Kier alpha value is -4.42. The number of hydrogen-bond acceptors (Lipinski definition) is 10. The molecule has 12 heteroatoms. The quantitative estimate of drug-likeness (QED) is 0.182. The minimum Gasteiger partial charge on any atom is -0.504 e. The maximum absolute atomic E-state index is 12.5. The predicted octanol–water partition coefficient (Wildman–Crippen LogP) is 5.78. The zero-order chi connectivity index (χ0) is 31.2. The minimum absolute atomic E-state index is 0.100. The van der Waals surface area contributed by atoms with Crippen molar-refractivity contribution < 1.29 is 44.5 Å². The van der Waals surface area contributed by atoms with Crippen LogP contribution in [0.25, 0.3) is 22.3 Å². The summed E-state index contributed by atoms with van der Waals surface area (Å²) in [5.74, 6) is 0.377. The van der Waals surface area contributed by atoms with Gasteiger partial charge in [-0.3, -0.25) is 0 Å². The third-order valence-corrected chi connectivity index (χ3v) is 6.89. The molecule has 0 aromatic heterocycles. The van der Waals surface area contributed by atoms with Gasteiger partial charge in [-0.15, -0.1) is 0 Å². The van der Waals surface area contributed by atoms with E-state index in [0.717, 1.165) is 18.1 Å². The first kappa shape index (κ1) is 31.5. The molecule has 0 atom stereocenters. The van der Waals surface area contributed by atoms with Crippen molar-refractivity contribution in [1.29, 1.82) is 0 Å². The van der Waals surface area contributed by atoms with Crippen LogP contribution in [0, 0.1) is 0 Å². The molecule has 4 aromatic rings. The van der Waals surface area contributed by atoms with Crippen LogP contribution in [-0.4, -0.2) is 47.7 Å². The average molecular weight is 629 g/mol. The van der Waals surface area contributed by atoms with Gasteiger partial charge in [-0.25, -0.2) is 0 Å². The standard InChI is InChI=1S/C31H32O10S2/c1-5-37-28-19-25(22-12-15-24(16-13-22)40-42(3,33)34)30(38-6-2)31(41-43(4,35)36)29(28)23-14-17-27(26(32)18-23)39-20-21-10-8-7-9-11-21/h7-19,32H,5-6,20H2,1-4H3. The van der Waals surface area contributed by atoms with Crippen molar-refractivity contribution in [3.63, 3.8) is 0 Å². The highest BCUT2D eigenvalue weighted by atomic mass is 32.2. The summed E-state index contributed by atoms with van der Waals surface area (Å²) in [5, 5.41) is 10.9. The number of phenols is 1. The topological polar surface area (TPSA) is 135 Å². The van der Waals surface area contributed by atoms with Crippen LogP contribution in [0.2, 0.25) is 0 Å². The van der Waals surface area contributed by atoms with Crippen LogP contribution in [0.4, 0.5) is 0 Å². The van der Waals surface area contributed by atoms with Crippen molar-refractivity contribution in [1.82, 2.24) is 0 Å². The van der Waals surface area contributed by atoms with E-state index in [1.165, 1.54) is 18.2 Å². The molecule has 0 fully saturated rings. The molecule has 0 saturated carbocycles. The van der Waals surface area contributed by atoms with Crippen LogP contribution in [0.3, 0.4) is 0 Å². The van der Waals surface area contributed by atoms with Gasteiger partial charge in [0.1, 0.15) is 18.1 Å². The number of phenolic OH excluding ortho intramolecular Hbond substituents is 1. The summed E-state index contributed by atoms with van der Waals surface area (Å²) >= 11 is 0. The second-order valence-electron chi connectivity index (χ2n) is 9.38. The average Bonchev–Trinajstić information content (AvgIpc) is 2.93. The van der Waals surface area contributed by atoms with Crippen LogP contribution < -0.4 is 22.6 Å². The molecule has 0 aliphatic rings. The molecule has 0 bridgehead atoms. The lowest BCUT2D eigenvalue weighted by molar-refractivity contribution is 0.289. The molecule has 0 radical (unpaired) electrons. The Morgan fingerprint density at radius 2 is 1.28 bits per heavy atom. The van der Waals surface area contributed by atoms with Crippen molar-refractivity contribution >= 4 is 20.2 Å². The summed E-state index contributed by atoms with van der Waals surface area (Å²) in [6.07, 6.45) is 1.85. The van der Waals surface area contributed by atoms with Gasteiger partial charge in [0.05, 0.1) is 31.3 Å². The lowest BCUT2D eigenvalue weighted by Gasteiger charge is -2.22. The first-order chi connectivity index (χ1) is 20.4. The molecule has 0 aliphatic carbocycles. The van der Waals surface area contributed by atoms with E-state index in [2.05, 4.69) is 0 Å². The third kappa shape index (κ3) is 8.33. The van der Waals surface area contributed by atoms with Crippen molar-refractivity contribution in [2.45, 2.75) is 20.5 Å². The van der Waals surface area contributed by atoms with Gasteiger partial charge in [0, 0.05) is 5.56 Å². The summed E-state index contributed by atoms with van der Waals surface area (Å²) in [6, 6.07) is 21.9. The minimum atomic E-state index is -4.07. The van der Waals surface area contributed by atoms with E-state index in [1.807, 2.05) is 30.3 Å². The zero-order valence-corrected chi connectivity index (χ0v) is 25.7. The molecule has 4 rings (SSSR count). The number of ether oxygens (including phenoxy) is 3. The van der Waals surface area contributed by atoms with Gasteiger partial charge in [-0.2, -0.15) is 16.8 Å². The molecular weight excluding hydrogens is 596 g/mol. The van der Waals surface area contributed by atoms with E-state index in [0.29, 0.717) is 16.7 Å². The van der Waals surface area contributed by atoms with Gasteiger partial charge in [0.15, 0.2) is 23.0 Å². The van der Waals surface area contributed by atoms with Crippen LogP contribution in [0.1, 0.15) is 19.4 Å². The number of benzene rings is 4. The van der Waals surface area contributed by atoms with Crippen molar-refractivity contribution in [2.24, 2.45) is 0 Å². The summed E-state index contributed by atoms with van der Waals surface area (Å²) in [4.78, 5) is 0. The lowest BCUT2D eigenvalue weighted by atomic mass is 9.96. The molecule has 0 amide bonds. The third-order valence-electron chi connectivity index (χ3n) is 5.92. The summed E-state index contributed by atoms with van der Waals surface area (Å²) in [5.41, 5.74) is 2.51. The smallest absolute Gasteiger partial charge is 0.306 e. The van der Waals surface area contributed by atoms with Crippen LogP contribution in [0.5, 0.6) is 34.5 Å². The van der Waals surface area contributed by atoms with Crippen LogP contribution in [-0.2, 0) is 26.8 Å². The highest BCUT2D eigenvalue weighted by Crippen LogP contribution is 2.52. The van der Waals surface area contributed by atoms with E-state index in [1.54, 1.807) is 44.2 Å². The zero-order valence-electron chi connectivity index (χ0n) is 24.1. The van der Waals surface area contributed by atoms with Crippen molar-refractivity contribution in [3.8, 4) is 56.8 Å². The Kier molecular flexibility index (Phi) is 9.72. The number of rotatable bonds is 13. The fraction of sp³-hybridized carbons (Fsp3) is 0.226. The van der Waals surface area contributed by atoms with Gasteiger partial charge in [-0.05, 0) is 60.9 Å². The van der Waals surface area contributed by atoms with E-state index in [-0.39, 0.29) is 59.9 Å². The SMILES string of the molecule is CCOc1cc(-c2ccc(OS(C)(=O)=O)cc2)c(OCC)c(OS(C)(=O)=O)c1-c1ccc(OCc2ccccc2)c(O)c1. The van der Waals surface area contributed by atoms with Gasteiger partial charge in [0.2, 0.25) is 0 Å². The molecule has 0 spiro atoms. The van der Waals surface area contributed by atoms with E-state index >= 15 is 0 Å². The number of aromatic hydroxyl groups is 1. The highest BCUT2D eigenvalue weighted by molar-refractivity contribution is 7.86. The molecule has 0 aliphatic heterocycles. The summed E-state index contributed by atoms with van der Waals surface area (Å²) < 4.78 is 76.3. The first-order valence-electron chi connectivity index (χ1n) is 13.2. The van der Waals surface area contributed by atoms with Gasteiger partial charge in [-0.1, -0.05) is 48.5 Å². The molecule has 1 N–H and O–H groups in total. The molecule has 10 nitrogen and oxygen atoms in total. The Bertz CT molecular complexity index is 1780. The Morgan fingerprint density at radius 3 is 1.86 bits per heavy atom. The van der Waals surface area contributed by atoms with E-state index in [9.17, 15) is 21.9 Å². The number of hydrogen-bond donors (Lipinski definition) is 1. The summed E-state index contributed by atoms with van der Waals surface area (Å²) in [6.45, 7) is 4.12. The van der Waals surface area contributed by atoms with Crippen molar-refractivity contribution in [3.05, 3.63) is 84.4 Å². The second kappa shape index (κ2) is 13.3. The predicted molar refractivity (Wildman–Crippen MR) is 163 cm³/mol. The molecule has 228 valence electrons. The molecule has 43 heavy (non-hydrogen) atoms. The van der Waals surface area contributed by atoms with Gasteiger partial charge < -0.3 is 27.7 Å². The molecule has 0 unspecified atom stereocenters. The van der Waals surface area contributed by atoms with Crippen molar-refractivity contribution in [2.75, 3.05) is 25.7 Å². The molecule has 0 saturated heterocycles. The normalized spacial score (nSPS) is 11.5. The summed E-state index contributed by atoms with van der Waals surface area (Å²) in [7, 11) is -7.81. The highest BCUT2D eigenvalue weighted by Gasteiger charge is 2.27. The van der Waals surface area contributed by atoms with Crippen LogP contribution >= 0.6 is 0 Å². The van der Waals surface area contributed by atoms with E-state index < -0.39 is 20.2 Å². The largest absolute Gasteiger partial charge is 0.504 e. The maximum atomic E-state index is 12.5.